The van der Waals surface area contributed by atoms with Crippen LogP contribution in [0.4, 0.5) is 5.69 Å². The van der Waals surface area contributed by atoms with Gasteiger partial charge in [-0.05, 0) is 37.5 Å². The molecule has 146 valence electrons. The van der Waals surface area contributed by atoms with Crippen molar-refractivity contribution in [3.8, 4) is 0 Å². The van der Waals surface area contributed by atoms with Gasteiger partial charge in [0, 0.05) is 37.2 Å². The van der Waals surface area contributed by atoms with Crippen molar-refractivity contribution in [2.45, 2.75) is 38.8 Å². The van der Waals surface area contributed by atoms with Gasteiger partial charge in [0.1, 0.15) is 0 Å². The minimum absolute atomic E-state index is 0.309. The third-order valence-corrected chi connectivity index (χ3v) is 5.36. The number of hydrogen-bond donors (Lipinski definition) is 2. The molecule has 1 aliphatic carbocycles. The van der Waals surface area contributed by atoms with Gasteiger partial charge in [-0.3, -0.25) is 4.79 Å². The van der Waals surface area contributed by atoms with Crippen molar-refractivity contribution in [2.75, 3.05) is 18.4 Å². The number of aliphatic imine (C=N–C) groups is 1. The summed E-state index contributed by atoms with van der Waals surface area (Å²) in [7, 11) is 0. The van der Waals surface area contributed by atoms with E-state index < -0.39 is 0 Å². The number of amides is 1. The van der Waals surface area contributed by atoms with Crippen LogP contribution in [0.15, 0.2) is 59.6 Å². The van der Waals surface area contributed by atoms with E-state index in [9.17, 15) is 4.79 Å². The fourth-order valence-electron chi connectivity index (χ4n) is 3.59. The lowest BCUT2D eigenvalue weighted by molar-refractivity contribution is -0.128. The number of likely N-dealkylation sites (tertiary alicyclic amines) is 1. The van der Waals surface area contributed by atoms with E-state index in [1.165, 1.54) is 24.0 Å². The molecule has 2 N–H and O–H groups in total. The maximum atomic E-state index is 12.2. The van der Waals surface area contributed by atoms with Crippen LogP contribution in [0.3, 0.4) is 0 Å². The molecule has 0 bridgehead atoms. The number of aryl methyl sites for hydroxylation is 1. The van der Waals surface area contributed by atoms with E-state index in [0.717, 1.165) is 24.7 Å². The molecule has 1 aliphatic heterocycles. The predicted octanol–water partition coefficient (Wildman–Crippen LogP) is 3.56. The second kappa shape index (κ2) is 8.46. The first kappa shape index (κ1) is 18.5. The van der Waals surface area contributed by atoms with E-state index in [4.69, 9.17) is 4.99 Å². The first-order chi connectivity index (χ1) is 13.7. The maximum Gasteiger partial charge on any atom is 0.223 e. The summed E-state index contributed by atoms with van der Waals surface area (Å²) in [5.74, 6) is 1.41. The van der Waals surface area contributed by atoms with Crippen molar-refractivity contribution in [2.24, 2.45) is 10.9 Å². The molecule has 1 amide bonds. The molecule has 1 atom stereocenters. The average molecular weight is 377 g/mol. The van der Waals surface area contributed by atoms with Crippen molar-refractivity contribution >= 4 is 17.6 Å². The van der Waals surface area contributed by atoms with Crippen LogP contribution >= 0.6 is 0 Å². The zero-order valence-corrected chi connectivity index (χ0v) is 16.4. The minimum Gasteiger partial charge on any atom is -0.356 e. The van der Waals surface area contributed by atoms with Gasteiger partial charge in [0.2, 0.25) is 5.91 Å². The van der Waals surface area contributed by atoms with Crippen molar-refractivity contribution < 1.29 is 4.79 Å². The van der Waals surface area contributed by atoms with Crippen LogP contribution in [-0.4, -0.2) is 35.9 Å². The van der Waals surface area contributed by atoms with Crippen LogP contribution in [0.1, 0.15) is 30.4 Å². The lowest BCUT2D eigenvalue weighted by Gasteiger charge is -2.17. The highest BCUT2D eigenvalue weighted by Crippen LogP contribution is 2.32. The first-order valence-electron chi connectivity index (χ1n) is 10.1. The number of carbonyl (C=O) groups excluding carboxylic acids is 1. The highest BCUT2D eigenvalue weighted by atomic mass is 16.2. The second-order valence-electron chi connectivity index (χ2n) is 7.87. The smallest absolute Gasteiger partial charge is 0.223 e. The molecule has 1 unspecified atom stereocenters. The lowest BCUT2D eigenvalue weighted by Crippen LogP contribution is -2.36. The van der Waals surface area contributed by atoms with Gasteiger partial charge < -0.3 is 15.5 Å². The van der Waals surface area contributed by atoms with Gasteiger partial charge in [-0.25, -0.2) is 4.99 Å². The molecule has 28 heavy (non-hydrogen) atoms. The molecule has 5 nitrogen and oxygen atoms in total. The van der Waals surface area contributed by atoms with Gasteiger partial charge in [-0.15, -0.1) is 0 Å². The number of carbonyl (C=O) groups is 1. The molecule has 0 aromatic heterocycles. The van der Waals surface area contributed by atoms with Gasteiger partial charge in [0.25, 0.3) is 0 Å². The monoisotopic (exact) mass is 376 g/mol. The zero-order chi connectivity index (χ0) is 19.3. The van der Waals surface area contributed by atoms with E-state index >= 15 is 0 Å². The fourth-order valence-corrected chi connectivity index (χ4v) is 3.59. The summed E-state index contributed by atoms with van der Waals surface area (Å²) in [4.78, 5) is 19.0. The van der Waals surface area contributed by atoms with Gasteiger partial charge in [0.05, 0.1) is 6.54 Å². The molecule has 1 saturated carbocycles. The Balaban J connectivity index is 1.39. The Morgan fingerprint density at radius 1 is 1.11 bits per heavy atom. The van der Waals surface area contributed by atoms with Crippen molar-refractivity contribution in [3.05, 3.63) is 65.7 Å². The summed E-state index contributed by atoms with van der Waals surface area (Å²) < 4.78 is 0. The topological polar surface area (TPSA) is 56.7 Å². The largest absolute Gasteiger partial charge is 0.356 e. The van der Waals surface area contributed by atoms with Crippen LogP contribution in [0.2, 0.25) is 0 Å². The molecule has 1 saturated heterocycles. The Kier molecular flexibility index (Phi) is 5.60. The molecule has 0 radical (unpaired) electrons. The van der Waals surface area contributed by atoms with E-state index in [0.29, 0.717) is 30.8 Å². The summed E-state index contributed by atoms with van der Waals surface area (Å²) >= 11 is 0. The van der Waals surface area contributed by atoms with Crippen molar-refractivity contribution in [3.63, 3.8) is 0 Å². The van der Waals surface area contributed by atoms with Crippen molar-refractivity contribution in [1.29, 1.82) is 0 Å². The summed E-state index contributed by atoms with van der Waals surface area (Å²) in [5.41, 5.74) is 3.43. The van der Waals surface area contributed by atoms with E-state index in [1.807, 2.05) is 30.3 Å². The predicted molar refractivity (Wildman–Crippen MR) is 113 cm³/mol. The number of nitrogens with zero attached hydrogens (tertiary/aromatic N) is 2. The van der Waals surface area contributed by atoms with Crippen LogP contribution < -0.4 is 10.6 Å². The number of benzene rings is 2. The molecule has 5 heteroatoms. The maximum absolute atomic E-state index is 12.2. The molecule has 0 spiro atoms. The van der Waals surface area contributed by atoms with E-state index in [-0.39, 0.29) is 0 Å². The molecular formula is C23H28N4O. The summed E-state index contributed by atoms with van der Waals surface area (Å²) in [6.45, 7) is 4.32. The van der Waals surface area contributed by atoms with Crippen LogP contribution in [-0.2, 0) is 11.3 Å². The molecule has 2 aromatic rings. The fraction of sp³-hybridized carbons (Fsp3) is 0.391. The summed E-state index contributed by atoms with van der Waals surface area (Å²) in [6, 6.07) is 19.0. The molecule has 2 fully saturated rings. The number of para-hydroxylation sites is 1. The normalized spacial score (nSPS) is 19.8. The standard InChI is InChI=1S/C23H28N4O/c1-17-7-9-18(10-8-17)14-24-23(26-20-5-3-2-4-6-20)25-15-19-13-22(28)27(16-19)21-11-12-21/h2-10,19,21H,11-16H2,1H3,(H2,24,25,26). The molecule has 2 aliphatic rings. The molecular weight excluding hydrogens is 348 g/mol. The Bertz CT molecular complexity index is 827. The first-order valence-corrected chi connectivity index (χ1v) is 10.1. The SMILES string of the molecule is Cc1ccc(CN=C(NCC2CC(=O)N(C3CC3)C2)Nc2ccccc2)cc1. The quantitative estimate of drug-likeness (QED) is 0.599. The molecule has 1 heterocycles. The van der Waals surface area contributed by atoms with Gasteiger partial charge in [0.15, 0.2) is 5.96 Å². The Morgan fingerprint density at radius 2 is 1.86 bits per heavy atom. The van der Waals surface area contributed by atoms with Crippen LogP contribution in [0.5, 0.6) is 0 Å². The second-order valence-corrected chi connectivity index (χ2v) is 7.87. The van der Waals surface area contributed by atoms with E-state index in [1.54, 1.807) is 0 Å². The van der Waals surface area contributed by atoms with Gasteiger partial charge in [-0.2, -0.15) is 0 Å². The molecule has 4 rings (SSSR count). The van der Waals surface area contributed by atoms with Crippen LogP contribution in [0.25, 0.3) is 0 Å². The van der Waals surface area contributed by atoms with E-state index in [2.05, 4.69) is 46.7 Å². The summed E-state index contributed by atoms with van der Waals surface area (Å²) in [6.07, 6.45) is 2.98. The Hall–Kier alpha value is -2.82. The van der Waals surface area contributed by atoms with Gasteiger partial charge in [-0.1, -0.05) is 48.0 Å². The highest BCUT2D eigenvalue weighted by molar-refractivity contribution is 5.93. The number of hydrogen-bond acceptors (Lipinski definition) is 2. The highest BCUT2D eigenvalue weighted by Gasteiger charge is 2.39. The third-order valence-electron chi connectivity index (χ3n) is 5.36. The lowest BCUT2D eigenvalue weighted by atomic mass is 10.1. The van der Waals surface area contributed by atoms with Crippen molar-refractivity contribution in [1.82, 2.24) is 10.2 Å². The number of anilines is 1. The average Bonchev–Trinajstić information content (AvgIpc) is 3.48. The Labute approximate surface area is 166 Å². The van der Waals surface area contributed by atoms with Crippen LogP contribution in [0, 0.1) is 12.8 Å². The molecule has 2 aromatic carbocycles. The third kappa shape index (κ3) is 4.91. The number of guanidine groups is 1. The number of rotatable bonds is 6. The zero-order valence-electron chi connectivity index (χ0n) is 16.4. The Morgan fingerprint density at radius 3 is 2.57 bits per heavy atom. The number of nitrogens with one attached hydrogen (secondary N) is 2. The summed E-state index contributed by atoms with van der Waals surface area (Å²) in [5, 5.41) is 6.83. The minimum atomic E-state index is 0.309. The van der Waals surface area contributed by atoms with Gasteiger partial charge >= 0.3 is 0 Å².